The van der Waals surface area contributed by atoms with Crippen molar-refractivity contribution in [3.8, 4) is 0 Å². The van der Waals surface area contributed by atoms with Crippen molar-refractivity contribution in [2.75, 3.05) is 6.61 Å². The minimum absolute atomic E-state index is 0.0305. The van der Waals surface area contributed by atoms with Crippen LogP contribution < -0.4 is 0 Å². The number of benzene rings is 2. The molecule has 0 aromatic heterocycles. The Hall–Kier alpha value is -1.60. The van der Waals surface area contributed by atoms with Gasteiger partial charge >= 0.3 is 0 Å². The van der Waals surface area contributed by atoms with Crippen molar-refractivity contribution in [2.45, 2.75) is 24.9 Å². The molecular weight excluding hydrogens is 220 g/mol. The van der Waals surface area contributed by atoms with E-state index in [2.05, 4.69) is 60.7 Å². The van der Waals surface area contributed by atoms with Crippen LogP contribution in [0.2, 0.25) is 0 Å². The van der Waals surface area contributed by atoms with E-state index in [1.165, 1.54) is 11.1 Å². The maximum atomic E-state index is 5.93. The number of hydrogen-bond acceptors (Lipinski definition) is 1. The number of hydrogen-bond donors (Lipinski definition) is 0. The highest BCUT2D eigenvalue weighted by Gasteiger charge is 2.38. The zero-order valence-corrected chi connectivity index (χ0v) is 10.5. The lowest BCUT2D eigenvalue weighted by molar-refractivity contribution is -0.145. The molecular formula is C17H18O. The third-order valence-electron chi connectivity index (χ3n) is 3.70. The Kier molecular flexibility index (Phi) is 3.16. The van der Waals surface area contributed by atoms with Gasteiger partial charge in [-0.2, -0.15) is 0 Å². The van der Waals surface area contributed by atoms with Gasteiger partial charge < -0.3 is 4.74 Å². The normalized spacial score (nSPS) is 17.1. The Bertz CT molecular complexity index is 442. The molecule has 0 atom stereocenters. The highest BCUT2D eigenvalue weighted by Crippen LogP contribution is 2.33. The van der Waals surface area contributed by atoms with Crippen molar-refractivity contribution < 1.29 is 4.74 Å². The maximum Gasteiger partial charge on any atom is 0.0784 e. The first-order valence-corrected chi connectivity index (χ1v) is 6.58. The van der Waals surface area contributed by atoms with Gasteiger partial charge in [0.2, 0.25) is 0 Å². The molecule has 18 heavy (non-hydrogen) atoms. The maximum absolute atomic E-state index is 5.93. The summed E-state index contributed by atoms with van der Waals surface area (Å²) in [7, 11) is 0. The van der Waals surface area contributed by atoms with Gasteiger partial charge in [0.1, 0.15) is 0 Å². The molecule has 1 fully saturated rings. The molecule has 0 amide bonds. The summed E-state index contributed by atoms with van der Waals surface area (Å²) >= 11 is 0. The van der Waals surface area contributed by atoms with Gasteiger partial charge in [-0.1, -0.05) is 60.7 Å². The molecule has 2 aromatic rings. The van der Waals surface area contributed by atoms with Crippen LogP contribution in [0.3, 0.4) is 0 Å². The molecule has 1 aliphatic heterocycles. The molecule has 1 saturated heterocycles. The first-order chi connectivity index (χ1) is 8.86. The van der Waals surface area contributed by atoms with E-state index < -0.39 is 0 Å². The molecule has 0 aliphatic carbocycles. The van der Waals surface area contributed by atoms with Gasteiger partial charge in [-0.15, -0.1) is 0 Å². The molecule has 3 rings (SSSR count). The molecule has 92 valence electrons. The van der Waals surface area contributed by atoms with Crippen LogP contribution in [0.4, 0.5) is 0 Å². The van der Waals surface area contributed by atoms with Crippen LogP contribution in [0.5, 0.6) is 0 Å². The summed E-state index contributed by atoms with van der Waals surface area (Å²) in [6.07, 6.45) is 3.20. The van der Waals surface area contributed by atoms with Gasteiger partial charge in [0.05, 0.1) is 12.2 Å². The average Bonchev–Trinajstić information content (AvgIpc) is 2.39. The largest absolute Gasteiger partial charge is 0.374 e. The van der Waals surface area contributed by atoms with Crippen LogP contribution >= 0.6 is 0 Å². The summed E-state index contributed by atoms with van der Waals surface area (Å²) in [5.74, 6) is 0. The smallest absolute Gasteiger partial charge is 0.0784 e. The molecule has 0 unspecified atom stereocenters. The van der Waals surface area contributed by atoms with E-state index >= 15 is 0 Å². The molecule has 0 saturated carbocycles. The van der Waals surface area contributed by atoms with Gasteiger partial charge in [-0.05, 0) is 11.1 Å². The molecule has 2 aromatic carbocycles. The van der Waals surface area contributed by atoms with E-state index in [-0.39, 0.29) is 5.60 Å². The Labute approximate surface area is 108 Å². The van der Waals surface area contributed by atoms with Crippen molar-refractivity contribution in [3.63, 3.8) is 0 Å². The van der Waals surface area contributed by atoms with Gasteiger partial charge in [-0.25, -0.2) is 0 Å². The molecule has 0 N–H and O–H groups in total. The van der Waals surface area contributed by atoms with Crippen LogP contribution in [-0.2, 0) is 17.6 Å². The van der Waals surface area contributed by atoms with Gasteiger partial charge in [0.15, 0.2) is 0 Å². The molecule has 1 heteroatoms. The minimum Gasteiger partial charge on any atom is -0.374 e. The lowest BCUT2D eigenvalue weighted by atomic mass is 9.82. The summed E-state index contributed by atoms with van der Waals surface area (Å²) in [6.45, 7) is 0.902. The monoisotopic (exact) mass is 238 g/mol. The Morgan fingerprint density at radius 2 is 1.22 bits per heavy atom. The van der Waals surface area contributed by atoms with Crippen LogP contribution in [0.1, 0.15) is 17.5 Å². The first kappa shape index (κ1) is 11.5. The Balaban J connectivity index is 1.75. The Morgan fingerprint density at radius 1 is 0.778 bits per heavy atom. The average molecular weight is 238 g/mol. The second-order valence-electron chi connectivity index (χ2n) is 5.11. The van der Waals surface area contributed by atoms with Crippen LogP contribution in [-0.4, -0.2) is 12.2 Å². The summed E-state index contributed by atoms with van der Waals surface area (Å²) < 4.78 is 5.93. The fourth-order valence-electron chi connectivity index (χ4n) is 2.67. The SMILES string of the molecule is c1ccc(CC2(Cc3ccccc3)CCO2)cc1. The van der Waals surface area contributed by atoms with E-state index in [9.17, 15) is 0 Å². The zero-order valence-electron chi connectivity index (χ0n) is 10.5. The predicted molar refractivity (Wildman–Crippen MR) is 73.6 cm³/mol. The molecule has 1 nitrogen and oxygen atoms in total. The van der Waals surface area contributed by atoms with E-state index in [1.54, 1.807) is 0 Å². The summed E-state index contributed by atoms with van der Waals surface area (Å²) in [4.78, 5) is 0. The molecule has 1 aliphatic rings. The van der Waals surface area contributed by atoms with Gasteiger partial charge in [0.25, 0.3) is 0 Å². The second kappa shape index (κ2) is 4.95. The second-order valence-corrected chi connectivity index (χ2v) is 5.11. The first-order valence-electron chi connectivity index (χ1n) is 6.58. The van der Waals surface area contributed by atoms with Crippen molar-refractivity contribution in [3.05, 3.63) is 71.8 Å². The molecule has 0 bridgehead atoms. The van der Waals surface area contributed by atoms with Crippen LogP contribution in [0, 0.1) is 0 Å². The quantitative estimate of drug-likeness (QED) is 0.790. The van der Waals surface area contributed by atoms with Gasteiger partial charge in [-0.3, -0.25) is 0 Å². The van der Waals surface area contributed by atoms with Gasteiger partial charge in [0, 0.05) is 19.3 Å². The molecule has 1 heterocycles. The number of ether oxygens (including phenoxy) is 1. The standard InChI is InChI=1S/C17H18O/c1-3-7-15(8-4-1)13-17(11-12-18-17)14-16-9-5-2-6-10-16/h1-10H,11-14H2. The molecule has 0 spiro atoms. The van der Waals surface area contributed by atoms with E-state index in [1.807, 2.05) is 0 Å². The van der Waals surface area contributed by atoms with Crippen LogP contribution in [0.25, 0.3) is 0 Å². The van der Waals surface area contributed by atoms with E-state index in [4.69, 9.17) is 4.74 Å². The van der Waals surface area contributed by atoms with E-state index in [0.717, 1.165) is 25.9 Å². The summed E-state index contributed by atoms with van der Waals surface area (Å²) in [6, 6.07) is 21.3. The third-order valence-corrected chi connectivity index (χ3v) is 3.70. The fourth-order valence-corrected chi connectivity index (χ4v) is 2.67. The predicted octanol–water partition coefficient (Wildman–Crippen LogP) is 3.63. The zero-order chi connectivity index (χ0) is 12.3. The summed E-state index contributed by atoms with van der Waals surface area (Å²) in [5.41, 5.74) is 2.77. The third kappa shape index (κ3) is 2.46. The minimum atomic E-state index is 0.0305. The van der Waals surface area contributed by atoms with Crippen molar-refractivity contribution in [2.24, 2.45) is 0 Å². The highest BCUT2D eigenvalue weighted by molar-refractivity contribution is 5.22. The summed E-state index contributed by atoms with van der Waals surface area (Å²) in [5, 5.41) is 0. The lowest BCUT2D eigenvalue weighted by Crippen LogP contribution is -2.47. The molecule has 0 radical (unpaired) electrons. The van der Waals surface area contributed by atoms with Crippen molar-refractivity contribution in [1.29, 1.82) is 0 Å². The lowest BCUT2D eigenvalue weighted by Gasteiger charge is -2.42. The topological polar surface area (TPSA) is 9.23 Å². The Morgan fingerprint density at radius 3 is 1.56 bits per heavy atom. The van der Waals surface area contributed by atoms with Crippen LogP contribution in [0.15, 0.2) is 60.7 Å². The fraction of sp³-hybridized carbons (Fsp3) is 0.294. The van der Waals surface area contributed by atoms with Crippen molar-refractivity contribution >= 4 is 0 Å². The number of rotatable bonds is 4. The van der Waals surface area contributed by atoms with Crippen molar-refractivity contribution in [1.82, 2.24) is 0 Å². The highest BCUT2D eigenvalue weighted by atomic mass is 16.5. The van der Waals surface area contributed by atoms with E-state index in [0.29, 0.717) is 0 Å².